The van der Waals surface area contributed by atoms with Gasteiger partial charge in [0.1, 0.15) is 25.1 Å². The second kappa shape index (κ2) is 9.73. The van der Waals surface area contributed by atoms with Crippen LogP contribution in [0.2, 0.25) is 0 Å². The first kappa shape index (κ1) is 22.7. The quantitative estimate of drug-likeness (QED) is 0.116. The average molecular weight is 494 g/mol. The molecule has 2 rings (SSSR count). The lowest BCUT2D eigenvalue weighted by atomic mass is 10.1. The van der Waals surface area contributed by atoms with Gasteiger partial charge in [-0.05, 0) is 0 Å². The molecule has 2 amide bonds. The molecule has 0 aliphatic carbocycles. The molecule has 2 aliphatic heterocycles. The molecule has 14 heteroatoms. The molecule has 1 fully saturated rings. The number of nitrogens with one attached hydrogen (secondary N) is 1. The minimum absolute atomic E-state index is 0.176. The lowest BCUT2D eigenvalue weighted by Gasteiger charge is -2.49. The Morgan fingerprint density at radius 2 is 2.07 bits per heavy atom. The number of amides is 2. The number of ether oxygens (including phenoxy) is 2. The Kier molecular flexibility index (Phi) is 7.61. The summed E-state index contributed by atoms with van der Waals surface area (Å²) < 4.78 is 9.58. The third kappa shape index (κ3) is 5.06. The largest absolute Gasteiger partial charge is 0.512 e. The fourth-order valence-corrected chi connectivity index (χ4v) is 4.05. The van der Waals surface area contributed by atoms with E-state index < -0.39 is 46.8 Å². The number of esters is 1. The van der Waals surface area contributed by atoms with Crippen molar-refractivity contribution >= 4 is 63.1 Å². The Hall–Kier alpha value is -2.61. The number of rotatable bonds is 8. The van der Waals surface area contributed by atoms with Crippen molar-refractivity contribution in [2.24, 2.45) is 5.16 Å². The molecule has 2 aliphatic rings. The molecular formula is C15H16BrN3O9S. The Bertz CT molecular complexity index is 813. The maximum atomic E-state index is 12.5. The Morgan fingerprint density at radius 3 is 2.62 bits per heavy atom. The van der Waals surface area contributed by atoms with E-state index in [0.717, 1.165) is 12.0 Å². The van der Waals surface area contributed by atoms with E-state index in [4.69, 9.17) is 14.6 Å². The molecular weight excluding hydrogens is 478 g/mol. The molecule has 0 aromatic carbocycles. The first-order chi connectivity index (χ1) is 13.7. The molecule has 158 valence electrons. The molecule has 0 aromatic rings. The van der Waals surface area contributed by atoms with Crippen LogP contribution in [-0.2, 0) is 33.5 Å². The van der Waals surface area contributed by atoms with Gasteiger partial charge in [-0.15, -0.1) is 11.8 Å². The average Bonchev–Trinajstić information content (AvgIpc) is 2.67. The smallest absolute Gasteiger partial charge is 0.461 e. The standard InChI is InChI=1S/C15H16BrN3O9S/c1-6(20)27-4-7-5-29-14-10(12(23)19(14)13(7)28-15(24)25)17-11(22)9(18-26-2)8(21)3-16/h10,14H,3-5H2,1-2H3,(H,17,22)(H,24,25)/b18-9-/t10-,14-/m1/s1. The van der Waals surface area contributed by atoms with Gasteiger partial charge >= 0.3 is 12.1 Å². The summed E-state index contributed by atoms with van der Waals surface area (Å²) in [5.74, 6) is -2.87. The van der Waals surface area contributed by atoms with Gasteiger partial charge < -0.3 is 24.7 Å². The summed E-state index contributed by atoms with van der Waals surface area (Å²) in [6.45, 7) is 0.938. The topological polar surface area (TPSA) is 161 Å². The highest BCUT2D eigenvalue weighted by Gasteiger charge is 2.54. The number of β-lactam (4-membered cyclic amide) rings is 1. The van der Waals surface area contributed by atoms with Gasteiger partial charge in [0.2, 0.25) is 17.4 Å². The lowest BCUT2D eigenvalue weighted by Crippen LogP contribution is -2.71. The minimum atomic E-state index is -1.65. The van der Waals surface area contributed by atoms with Crippen molar-refractivity contribution in [2.75, 3.05) is 24.8 Å². The maximum absolute atomic E-state index is 12.5. The first-order valence-electron chi connectivity index (χ1n) is 7.93. The number of thioether (sulfide) groups is 1. The fraction of sp³-hybridized carbons (Fsp3) is 0.467. The van der Waals surface area contributed by atoms with E-state index in [-0.39, 0.29) is 29.1 Å². The summed E-state index contributed by atoms with van der Waals surface area (Å²) in [5, 5.41) is 13.9. The van der Waals surface area contributed by atoms with Crippen LogP contribution in [0.5, 0.6) is 0 Å². The SMILES string of the molecule is CO/N=C(/C(=O)CBr)C(=O)N[C@@H]1C(=O)N2C(OC(=O)O)=C(COC(C)=O)CS[C@H]12. The molecule has 0 bridgehead atoms. The third-order valence-corrected chi connectivity index (χ3v) is 5.55. The van der Waals surface area contributed by atoms with Crippen molar-refractivity contribution in [3.63, 3.8) is 0 Å². The molecule has 0 aromatic heterocycles. The molecule has 0 unspecified atom stereocenters. The number of carboxylic acid groups (broad SMARTS) is 1. The molecule has 12 nitrogen and oxygen atoms in total. The Labute approximate surface area is 176 Å². The van der Waals surface area contributed by atoms with Gasteiger partial charge in [-0.2, -0.15) is 0 Å². The fourth-order valence-electron chi connectivity index (χ4n) is 2.48. The highest BCUT2D eigenvalue weighted by molar-refractivity contribution is 9.09. The number of oxime groups is 1. The summed E-state index contributed by atoms with van der Waals surface area (Å²) >= 11 is 4.12. The summed E-state index contributed by atoms with van der Waals surface area (Å²) in [5.41, 5.74) is -0.234. The van der Waals surface area contributed by atoms with Gasteiger partial charge in [-0.25, -0.2) is 4.79 Å². The highest BCUT2D eigenvalue weighted by atomic mass is 79.9. The van der Waals surface area contributed by atoms with E-state index in [2.05, 4.69) is 31.2 Å². The van der Waals surface area contributed by atoms with Crippen LogP contribution in [0.4, 0.5) is 4.79 Å². The molecule has 1 saturated heterocycles. The molecule has 2 heterocycles. The van der Waals surface area contributed by atoms with Crippen LogP contribution in [0.25, 0.3) is 0 Å². The number of carbonyl (C=O) groups is 5. The number of alkyl halides is 1. The molecule has 2 atom stereocenters. The van der Waals surface area contributed by atoms with Crippen LogP contribution in [0.1, 0.15) is 6.92 Å². The third-order valence-electron chi connectivity index (χ3n) is 3.70. The van der Waals surface area contributed by atoms with Crippen LogP contribution >= 0.6 is 27.7 Å². The summed E-state index contributed by atoms with van der Waals surface area (Å²) in [6, 6.07) is -1.04. The van der Waals surface area contributed by atoms with E-state index in [9.17, 15) is 24.0 Å². The summed E-state index contributed by atoms with van der Waals surface area (Å²) in [6.07, 6.45) is -1.65. The van der Waals surface area contributed by atoms with Crippen LogP contribution in [0.15, 0.2) is 16.6 Å². The Balaban J connectivity index is 2.19. The second-order valence-electron chi connectivity index (χ2n) is 5.60. The number of hydrogen-bond acceptors (Lipinski definition) is 10. The van der Waals surface area contributed by atoms with Gasteiger partial charge in [-0.3, -0.25) is 24.1 Å². The zero-order valence-electron chi connectivity index (χ0n) is 15.2. The van der Waals surface area contributed by atoms with E-state index in [1.165, 1.54) is 18.7 Å². The summed E-state index contributed by atoms with van der Waals surface area (Å²) in [4.78, 5) is 64.2. The first-order valence-corrected chi connectivity index (χ1v) is 10.1. The van der Waals surface area contributed by atoms with E-state index >= 15 is 0 Å². The predicted molar refractivity (Wildman–Crippen MR) is 101 cm³/mol. The maximum Gasteiger partial charge on any atom is 0.512 e. The van der Waals surface area contributed by atoms with E-state index in [1.54, 1.807) is 0 Å². The number of hydrogen-bond donors (Lipinski definition) is 2. The second-order valence-corrected chi connectivity index (χ2v) is 7.26. The summed E-state index contributed by atoms with van der Waals surface area (Å²) in [7, 11) is 1.16. The molecule has 0 radical (unpaired) electrons. The van der Waals surface area contributed by atoms with Crippen molar-refractivity contribution in [3.8, 4) is 0 Å². The molecule has 2 N–H and O–H groups in total. The van der Waals surface area contributed by atoms with Crippen molar-refractivity contribution < 1.29 is 43.4 Å². The molecule has 0 spiro atoms. The van der Waals surface area contributed by atoms with E-state index in [1.807, 2.05) is 0 Å². The molecule has 0 saturated carbocycles. The zero-order valence-corrected chi connectivity index (χ0v) is 17.6. The monoisotopic (exact) mass is 493 g/mol. The van der Waals surface area contributed by atoms with Crippen LogP contribution in [-0.4, -0.2) is 81.7 Å². The van der Waals surface area contributed by atoms with E-state index in [0.29, 0.717) is 0 Å². The predicted octanol–water partition coefficient (Wildman–Crippen LogP) is -0.178. The number of nitrogens with zero attached hydrogens (tertiary/aromatic N) is 2. The van der Waals surface area contributed by atoms with Crippen molar-refractivity contribution in [1.82, 2.24) is 10.2 Å². The minimum Gasteiger partial charge on any atom is -0.461 e. The van der Waals surface area contributed by atoms with Crippen molar-refractivity contribution in [3.05, 3.63) is 11.5 Å². The van der Waals surface area contributed by atoms with Crippen LogP contribution in [0, 0.1) is 0 Å². The number of fused-ring (bicyclic) bond motifs is 1. The lowest BCUT2D eigenvalue weighted by molar-refractivity contribution is -0.148. The van der Waals surface area contributed by atoms with Gasteiger partial charge in [0.25, 0.3) is 11.8 Å². The normalized spacial score (nSPS) is 21.0. The van der Waals surface area contributed by atoms with Gasteiger partial charge in [0.05, 0.1) is 5.33 Å². The number of ketones is 1. The number of Topliss-reactive ketones (excluding diaryl/α,β-unsaturated/α-hetero) is 1. The zero-order chi connectivity index (χ0) is 21.7. The highest BCUT2D eigenvalue weighted by Crippen LogP contribution is 2.40. The van der Waals surface area contributed by atoms with Gasteiger partial charge in [0.15, 0.2) is 0 Å². The van der Waals surface area contributed by atoms with Gasteiger partial charge in [-0.1, -0.05) is 21.1 Å². The van der Waals surface area contributed by atoms with Crippen LogP contribution < -0.4 is 5.32 Å². The van der Waals surface area contributed by atoms with Gasteiger partial charge in [0, 0.05) is 18.2 Å². The van der Waals surface area contributed by atoms with Crippen molar-refractivity contribution in [1.29, 1.82) is 0 Å². The molecule has 29 heavy (non-hydrogen) atoms. The number of carbonyl (C=O) groups excluding carboxylic acids is 4. The van der Waals surface area contributed by atoms with Crippen molar-refractivity contribution in [2.45, 2.75) is 18.3 Å². The Morgan fingerprint density at radius 1 is 1.38 bits per heavy atom. The van der Waals surface area contributed by atoms with Crippen LogP contribution in [0.3, 0.4) is 0 Å². The number of halogens is 1.